The number of Topliss-reactive ketones (excluding diaryl/α,β-unsaturated/α-hetero) is 1. The number of hydrogen-bond donors (Lipinski definition) is 2. The van der Waals surface area contributed by atoms with Gasteiger partial charge in [-0.15, -0.1) is 0 Å². The predicted molar refractivity (Wildman–Crippen MR) is 213 cm³/mol. The smallest absolute Gasteiger partial charge is 0.303 e. The Morgan fingerprint density at radius 2 is 1.11 bits per heavy atom. The van der Waals surface area contributed by atoms with Crippen LogP contribution in [0.15, 0.2) is 78.9 Å². The van der Waals surface area contributed by atoms with E-state index in [1.165, 1.54) is 64.2 Å². The van der Waals surface area contributed by atoms with Crippen LogP contribution in [-0.4, -0.2) is 62.8 Å². The Morgan fingerprint density at radius 3 is 1.59 bits per heavy atom. The summed E-state index contributed by atoms with van der Waals surface area (Å²) in [5, 5.41) is 12.1. The van der Waals surface area contributed by atoms with Gasteiger partial charge in [0.1, 0.15) is 23.7 Å². The zero-order chi connectivity index (χ0) is 38.9. The molecule has 0 aliphatic rings. The molecular formula is C45H63NO8. The van der Waals surface area contributed by atoms with Crippen molar-refractivity contribution in [3.05, 3.63) is 95.6 Å². The van der Waals surface area contributed by atoms with E-state index >= 15 is 0 Å². The van der Waals surface area contributed by atoms with Gasteiger partial charge in [0.05, 0.1) is 33.4 Å². The van der Waals surface area contributed by atoms with Gasteiger partial charge < -0.3 is 29.4 Å². The molecule has 9 nitrogen and oxygen atoms in total. The standard InChI is InChI=1S/C45H63NO8/c1-4-5-6-7-8-9-10-11-12-13-14-15-19-22-43(48)46-33-42(53-34-39(47)27-32-44(49)50)35-54-45(36-20-17-16-18-21-36,37-23-28-40(51-2)29-24-37)38-25-30-41(52-3)31-26-38/h16-18,20-21,23-26,28-31,42H,4-15,19,22,27,32-35H2,1-3H3,(H,46,48)(H,49,50). The maximum absolute atomic E-state index is 13.0. The number of rotatable bonds is 30. The number of hydrogen-bond acceptors (Lipinski definition) is 7. The highest BCUT2D eigenvalue weighted by Crippen LogP contribution is 2.42. The van der Waals surface area contributed by atoms with Crippen molar-refractivity contribution in [1.82, 2.24) is 5.32 Å². The first-order valence-electron chi connectivity index (χ1n) is 19.9. The van der Waals surface area contributed by atoms with Gasteiger partial charge in [0.2, 0.25) is 5.91 Å². The lowest BCUT2D eigenvalue weighted by Gasteiger charge is -2.37. The molecule has 0 aliphatic heterocycles. The third kappa shape index (κ3) is 15.6. The van der Waals surface area contributed by atoms with Crippen LogP contribution in [0.25, 0.3) is 0 Å². The van der Waals surface area contributed by atoms with E-state index in [0.717, 1.165) is 36.0 Å². The Kier molecular flexibility index (Phi) is 21.1. The molecule has 0 saturated heterocycles. The Balaban J connectivity index is 1.68. The number of amides is 1. The molecule has 9 heteroatoms. The van der Waals surface area contributed by atoms with Crippen molar-refractivity contribution in [2.75, 3.05) is 34.0 Å². The Hall–Kier alpha value is -4.21. The van der Waals surface area contributed by atoms with E-state index in [0.29, 0.717) is 17.9 Å². The van der Waals surface area contributed by atoms with Crippen LogP contribution in [0.1, 0.15) is 126 Å². The highest BCUT2D eigenvalue weighted by molar-refractivity contribution is 5.83. The lowest BCUT2D eigenvalue weighted by atomic mass is 9.80. The lowest BCUT2D eigenvalue weighted by Crippen LogP contribution is -2.41. The van der Waals surface area contributed by atoms with Crippen molar-refractivity contribution in [2.45, 2.75) is 121 Å². The Labute approximate surface area is 323 Å². The molecule has 0 saturated carbocycles. The van der Waals surface area contributed by atoms with Gasteiger partial charge in [-0.1, -0.05) is 139 Å². The Morgan fingerprint density at radius 1 is 0.630 bits per heavy atom. The van der Waals surface area contributed by atoms with Crippen molar-refractivity contribution >= 4 is 17.7 Å². The fraction of sp³-hybridized carbons (Fsp3) is 0.533. The van der Waals surface area contributed by atoms with E-state index in [9.17, 15) is 14.4 Å². The maximum atomic E-state index is 13.0. The van der Waals surface area contributed by atoms with Gasteiger partial charge in [-0.2, -0.15) is 0 Å². The van der Waals surface area contributed by atoms with Crippen LogP contribution in [0.3, 0.4) is 0 Å². The maximum Gasteiger partial charge on any atom is 0.303 e. The minimum atomic E-state index is -1.12. The van der Waals surface area contributed by atoms with Crippen molar-refractivity contribution in [3.63, 3.8) is 0 Å². The van der Waals surface area contributed by atoms with Gasteiger partial charge in [-0.05, 0) is 47.4 Å². The molecule has 0 heterocycles. The van der Waals surface area contributed by atoms with Crippen molar-refractivity contribution in [3.8, 4) is 11.5 Å². The zero-order valence-corrected chi connectivity index (χ0v) is 32.8. The third-order valence-corrected chi connectivity index (χ3v) is 9.79. The molecule has 54 heavy (non-hydrogen) atoms. The molecule has 1 atom stereocenters. The number of ether oxygens (including phenoxy) is 4. The molecule has 3 aromatic carbocycles. The molecule has 3 aromatic rings. The molecule has 296 valence electrons. The quantitative estimate of drug-likeness (QED) is 0.0512. The van der Waals surface area contributed by atoms with E-state index in [4.69, 9.17) is 24.1 Å². The first-order valence-corrected chi connectivity index (χ1v) is 19.9. The number of unbranched alkanes of at least 4 members (excludes halogenated alkanes) is 12. The van der Waals surface area contributed by atoms with Crippen molar-refractivity contribution in [2.24, 2.45) is 0 Å². The van der Waals surface area contributed by atoms with E-state index < -0.39 is 17.7 Å². The number of carbonyl (C=O) groups is 3. The largest absolute Gasteiger partial charge is 0.497 e. The molecule has 1 unspecified atom stereocenters. The number of carbonyl (C=O) groups excluding carboxylic acids is 2. The van der Waals surface area contributed by atoms with Crippen molar-refractivity contribution < 1.29 is 38.4 Å². The second-order valence-electron chi connectivity index (χ2n) is 14.0. The van der Waals surface area contributed by atoms with Crippen LogP contribution in [0.4, 0.5) is 0 Å². The van der Waals surface area contributed by atoms with E-state index in [2.05, 4.69) is 12.2 Å². The summed E-state index contributed by atoms with van der Waals surface area (Å²) < 4.78 is 24.0. The van der Waals surface area contributed by atoms with Gasteiger partial charge in [-0.25, -0.2) is 0 Å². The topological polar surface area (TPSA) is 120 Å². The van der Waals surface area contributed by atoms with E-state index in [-0.39, 0.29) is 44.3 Å². The van der Waals surface area contributed by atoms with Crippen molar-refractivity contribution in [1.29, 1.82) is 0 Å². The number of nitrogens with one attached hydrogen (secondary N) is 1. The average molecular weight is 746 g/mol. The summed E-state index contributed by atoms with van der Waals surface area (Å²) in [6, 6.07) is 25.2. The SMILES string of the molecule is CCCCCCCCCCCCCCCC(=O)NCC(COC(c1ccccc1)(c1ccc(OC)cc1)c1ccc(OC)cc1)OCC(=O)CCC(=O)O. The third-order valence-electron chi connectivity index (χ3n) is 9.79. The summed E-state index contributed by atoms with van der Waals surface area (Å²) in [5.41, 5.74) is 1.42. The van der Waals surface area contributed by atoms with Gasteiger partial charge in [0.15, 0.2) is 5.78 Å². The van der Waals surface area contributed by atoms with Gasteiger partial charge in [-0.3, -0.25) is 14.4 Å². The van der Waals surface area contributed by atoms with Gasteiger partial charge in [0, 0.05) is 19.4 Å². The summed E-state index contributed by atoms with van der Waals surface area (Å²) in [5.74, 6) is -0.0652. The van der Waals surface area contributed by atoms with Gasteiger partial charge >= 0.3 is 5.97 Å². The van der Waals surface area contributed by atoms with Crippen LogP contribution in [0.5, 0.6) is 11.5 Å². The highest BCUT2D eigenvalue weighted by atomic mass is 16.5. The van der Waals surface area contributed by atoms with Crippen LogP contribution in [0.2, 0.25) is 0 Å². The fourth-order valence-electron chi connectivity index (χ4n) is 6.61. The highest BCUT2D eigenvalue weighted by Gasteiger charge is 2.38. The number of carboxylic acids is 1. The summed E-state index contributed by atoms with van der Waals surface area (Å²) in [4.78, 5) is 36.6. The summed E-state index contributed by atoms with van der Waals surface area (Å²) in [7, 11) is 3.23. The number of aliphatic carboxylic acids is 1. The molecule has 2 N–H and O–H groups in total. The number of ketones is 1. The second-order valence-corrected chi connectivity index (χ2v) is 14.0. The minimum Gasteiger partial charge on any atom is -0.497 e. The number of carboxylic acid groups (broad SMARTS) is 1. The minimum absolute atomic E-state index is 0.0121. The zero-order valence-electron chi connectivity index (χ0n) is 32.8. The molecule has 0 spiro atoms. The first-order chi connectivity index (χ1) is 26.3. The molecule has 0 aromatic heterocycles. The van der Waals surface area contributed by atoms with Crippen LogP contribution in [-0.2, 0) is 29.5 Å². The first kappa shape index (κ1) is 44.2. The lowest BCUT2D eigenvalue weighted by molar-refractivity contribution is -0.140. The number of methoxy groups -OCH3 is 2. The number of benzene rings is 3. The molecule has 1 amide bonds. The fourth-order valence-corrected chi connectivity index (χ4v) is 6.61. The molecule has 0 aliphatic carbocycles. The van der Waals surface area contributed by atoms with Crippen LogP contribution >= 0.6 is 0 Å². The van der Waals surface area contributed by atoms with Gasteiger partial charge in [0.25, 0.3) is 0 Å². The molecule has 0 radical (unpaired) electrons. The molecule has 3 rings (SSSR count). The van der Waals surface area contributed by atoms with Crippen LogP contribution in [0, 0.1) is 0 Å². The van der Waals surface area contributed by atoms with Crippen LogP contribution < -0.4 is 14.8 Å². The molecule has 0 bridgehead atoms. The van der Waals surface area contributed by atoms with E-state index in [1.54, 1.807) is 14.2 Å². The molecule has 0 fully saturated rings. The summed E-state index contributed by atoms with van der Waals surface area (Å²) in [6.07, 6.45) is 15.4. The summed E-state index contributed by atoms with van der Waals surface area (Å²) >= 11 is 0. The summed E-state index contributed by atoms with van der Waals surface area (Å²) in [6.45, 7) is 2.10. The predicted octanol–water partition coefficient (Wildman–Crippen LogP) is 9.43. The average Bonchev–Trinajstić information content (AvgIpc) is 3.20. The monoisotopic (exact) mass is 745 g/mol. The normalized spacial score (nSPS) is 11.9. The Bertz CT molecular complexity index is 1430. The van der Waals surface area contributed by atoms with E-state index in [1.807, 2.05) is 78.9 Å². The second kappa shape index (κ2) is 25.7. The molecular weight excluding hydrogens is 682 g/mol.